The molecule has 2 aliphatic rings. The highest BCUT2D eigenvalue weighted by Gasteiger charge is 2.31. The number of nitrogen functional groups attached to an aromatic ring is 1. The van der Waals surface area contributed by atoms with Gasteiger partial charge in [0, 0.05) is 30.9 Å². The predicted octanol–water partition coefficient (Wildman–Crippen LogP) is 2.84. The van der Waals surface area contributed by atoms with Crippen molar-refractivity contribution in [3.63, 3.8) is 0 Å². The van der Waals surface area contributed by atoms with E-state index in [9.17, 15) is 0 Å². The number of aromatic nitrogens is 2. The molecule has 0 radical (unpaired) electrons. The van der Waals surface area contributed by atoms with E-state index in [0.29, 0.717) is 16.7 Å². The molecule has 0 unspecified atom stereocenters. The highest BCUT2D eigenvalue weighted by Crippen LogP contribution is 2.37. The number of aliphatic imine (C=N–C) groups is 1. The Hall–Kier alpha value is -2.60. The molecule has 6 nitrogen and oxygen atoms in total. The molecule has 0 amide bonds. The van der Waals surface area contributed by atoms with E-state index < -0.39 is 0 Å². The maximum absolute atomic E-state index is 6.14. The number of benzene rings is 1. The summed E-state index contributed by atoms with van der Waals surface area (Å²) in [5.74, 6) is 2.41. The first-order valence-electron chi connectivity index (χ1n) is 7.73. The smallest absolute Gasteiger partial charge is 0.224 e. The second-order valence-corrected chi connectivity index (χ2v) is 6.23. The van der Waals surface area contributed by atoms with Crippen molar-refractivity contribution < 1.29 is 0 Å². The summed E-state index contributed by atoms with van der Waals surface area (Å²) in [7, 11) is 1.81. The fraction of sp³-hybridized carbons (Fsp3) is 0.235. The summed E-state index contributed by atoms with van der Waals surface area (Å²) in [5, 5.41) is 3.55. The van der Waals surface area contributed by atoms with Gasteiger partial charge >= 0.3 is 0 Å². The van der Waals surface area contributed by atoms with Crippen molar-refractivity contribution in [3.05, 3.63) is 40.0 Å². The summed E-state index contributed by atoms with van der Waals surface area (Å²) in [6, 6.07) is 3.80. The summed E-state index contributed by atoms with van der Waals surface area (Å²) < 4.78 is 0. The van der Waals surface area contributed by atoms with Crippen LogP contribution in [-0.4, -0.2) is 35.9 Å². The highest BCUT2D eigenvalue weighted by molar-refractivity contribution is 6.37. The van der Waals surface area contributed by atoms with E-state index in [0.717, 1.165) is 47.0 Å². The average Bonchev–Trinajstić information content (AvgIpc) is 3.07. The van der Waals surface area contributed by atoms with Crippen LogP contribution in [0.2, 0.25) is 5.02 Å². The first-order chi connectivity index (χ1) is 11.6. The summed E-state index contributed by atoms with van der Waals surface area (Å²) >= 11 is 6.14. The van der Waals surface area contributed by atoms with Crippen LogP contribution in [0.5, 0.6) is 0 Å². The van der Waals surface area contributed by atoms with Crippen LogP contribution >= 0.6 is 11.6 Å². The third kappa shape index (κ3) is 2.22. The van der Waals surface area contributed by atoms with E-state index in [4.69, 9.17) is 17.3 Å². The van der Waals surface area contributed by atoms with Crippen LogP contribution in [0.4, 0.5) is 17.5 Å². The molecule has 0 atom stereocenters. The van der Waals surface area contributed by atoms with E-state index >= 15 is 0 Å². The highest BCUT2D eigenvalue weighted by atomic mass is 35.5. The Morgan fingerprint density at radius 3 is 2.96 bits per heavy atom. The molecule has 0 saturated carbocycles. The van der Waals surface area contributed by atoms with Gasteiger partial charge in [0.2, 0.25) is 5.95 Å². The van der Waals surface area contributed by atoms with Crippen molar-refractivity contribution in [1.82, 2.24) is 9.97 Å². The van der Waals surface area contributed by atoms with Gasteiger partial charge in [-0.05, 0) is 36.3 Å². The molecule has 7 heteroatoms. The normalized spacial score (nSPS) is 15.5. The molecule has 0 spiro atoms. The maximum Gasteiger partial charge on any atom is 0.224 e. The quantitative estimate of drug-likeness (QED) is 0.822. The Kier molecular flexibility index (Phi) is 3.42. The molecule has 3 N–H and O–H groups in total. The van der Waals surface area contributed by atoms with Gasteiger partial charge in [0.1, 0.15) is 11.7 Å². The lowest BCUT2D eigenvalue weighted by molar-refractivity contribution is 0.985. The topological polar surface area (TPSA) is 79.4 Å². The Balaban J connectivity index is 1.92. The zero-order valence-electron chi connectivity index (χ0n) is 13.5. The maximum atomic E-state index is 6.14. The van der Waals surface area contributed by atoms with Crippen molar-refractivity contribution in [1.29, 1.82) is 0 Å². The monoisotopic (exact) mass is 340 g/mol. The minimum atomic E-state index is 0.566. The SMILES string of the molecule is CNc1ncc2c(n1)N1CCN=C1C(c1cc(N)c(Cl)cc1C)=C2. The zero-order chi connectivity index (χ0) is 16.8. The summed E-state index contributed by atoms with van der Waals surface area (Å²) in [6.07, 6.45) is 3.91. The Morgan fingerprint density at radius 1 is 1.33 bits per heavy atom. The molecule has 0 aliphatic carbocycles. The van der Waals surface area contributed by atoms with Crippen LogP contribution in [0, 0.1) is 6.92 Å². The van der Waals surface area contributed by atoms with Crippen LogP contribution in [0.3, 0.4) is 0 Å². The van der Waals surface area contributed by atoms with Gasteiger partial charge in [-0.15, -0.1) is 0 Å². The van der Waals surface area contributed by atoms with Gasteiger partial charge < -0.3 is 16.0 Å². The number of rotatable bonds is 2. The number of anilines is 3. The van der Waals surface area contributed by atoms with Crippen LogP contribution < -0.4 is 16.0 Å². The molecule has 24 heavy (non-hydrogen) atoms. The Labute approximate surface area is 145 Å². The number of amidine groups is 1. The molecule has 0 saturated heterocycles. The van der Waals surface area contributed by atoms with Gasteiger partial charge in [0.25, 0.3) is 0 Å². The van der Waals surface area contributed by atoms with Gasteiger partial charge in [-0.25, -0.2) is 4.98 Å². The van der Waals surface area contributed by atoms with E-state index in [2.05, 4.69) is 31.3 Å². The lowest BCUT2D eigenvalue weighted by Crippen LogP contribution is -2.32. The first kappa shape index (κ1) is 15.0. The van der Waals surface area contributed by atoms with Gasteiger partial charge in [-0.1, -0.05) is 11.6 Å². The third-order valence-electron chi connectivity index (χ3n) is 4.29. The molecule has 122 valence electrons. The second-order valence-electron chi connectivity index (χ2n) is 5.83. The molecule has 1 aromatic carbocycles. The molecule has 0 bridgehead atoms. The predicted molar refractivity (Wildman–Crippen MR) is 99.7 cm³/mol. The summed E-state index contributed by atoms with van der Waals surface area (Å²) in [6.45, 7) is 3.58. The number of nitrogens with zero attached hydrogens (tertiary/aromatic N) is 4. The molecule has 2 aliphatic heterocycles. The zero-order valence-corrected chi connectivity index (χ0v) is 14.2. The van der Waals surface area contributed by atoms with Gasteiger partial charge in [0.05, 0.1) is 17.3 Å². The lowest BCUT2D eigenvalue weighted by atomic mass is 9.94. The standard InChI is InChI=1S/C17H17ClN6/c1-9-5-13(18)14(19)7-11(9)12-6-10-8-22-17(20-2)23-15(10)24-4-3-21-16(12)24/h5-8H,3-4,19H2,1-2H3,(H,20,22,23). The van der Waals surface area contributed by atoms with E-state index in [1.54, 1.807) is 0 Å². The first-order valence-corrected chi connectivity index (χ1v) is 8.11. The number of halogens is 1. The number of aryl methyl sites for hydroxylation is 1. The second kappa shape index (κ2) is 5.49. The van der Waals surface area contributed by atoms with Crippen molar-refractivity contribution >= 4 is 46.5 Å². The number of hydrogen-bond acceptors (Lipinski definition) is 6. The Bertz CT molecular complexity index is 902. The molecular formula is C17H17ClN6. The summed E-state index contributed by atoms with van der Waals surface area (Å²) in [5.41, 5.74) is 10.7. The number of fused-ring (bicyclic) bond motifs is 3. The summed E-state index contributed by atoms with van der Waals surface area (Å²) in [4.78, 5) is 15.7. The molecule has 4 rings (SSSR count). The van der Waals surface area contributed by atoms with E-state index in [1.807, 2.05) is 32.3 Å². The van der Waals surface area contributed by atoms with Gasteiger partial charge in [-0.3, -0.25) is 4.99 Å². The molecule has 3 heterocycles. The van der Waals surface area contributed by atoms with Gasteiger partial charge in [0.15, 0.2) is 0 Å². The number of nitrogens with two attached hydrogens (primary N) is 1. The van der Waals surface area contributed by atoms with Crippen LogP contribution in [0.1, 0.15) is 16.7 Å². The fourth-order valence-electron chi connectivity index (χ4n) is 3.10. The number of nitrogens with one attached hydrogen (secondary N) is 1. The van der Waals surface area contributed by atoms with E-state index in [1.165, 1.54) is 0 Å². The Morgan fingerprint density at radius 2 is 2.17 bits per heavy atom. The van der Waals surface area contributed by atoms with Crippen LogP contribution in [0.25, 0.3) is 11.6 Å². The number of hydrogen-bond donors (Lipinski definition) is 2. The third-order valence-corrected chi connectivity index (χ3v) is 4.62. The van der Waals surface area contributed by atoms with Gasteiger partial charge in [-0.2, -0.15) is 4.98 Å². The molecule has 1 aromatic heterocycles. The van der Waals surface area contributed by atoms with Crippen LogP contribution in [0.15, 0.2) is 23.3 Å². The largest absolute Gasteiger partial charge is 0.398 e. The van der Waals surface area contributed by atoms with Crippen molar-refractivity contribution in [2.45, 2.75) is 6.92 Å². The fourth-order valence-corrected chi connectivity index (χ4v) is 3.32. The van der Waals surface area contributed by atoms with E-state index in [-0.39, 0.29) is 0 Å². The van der Waals surface area contributed by atoms with Crippen molar-refractivity contribution in [2.75, 3.05) is 36.1 Å². The molecular weight excluding hydrogens is 324 g/mol. The average molecular weight is 341 g/mol. The van der Waals surface area contributed by atoms with Crippen molar-refractivity contribution in [2.24, 2.45) is 4.99 Å². The van der Waals surface area contributed by atoms with Crippen LogP contribution in [-0.2, 0) is 0 Å². The van der Waals surface area contributed by atoms with Crippen molar-refractivity contribution in [3.8, 4) is 0 Å². The molecule has 2 aromatic rings. The minimum Gasteiger partial charge on any atom is -0.398 e. The minimum absolute atomic E-state index is 0.566. The molecule has 0 fully saturated rings. The lowest BCUT2D eigenvalue weighted by Gasteiger charge is -2.28.